The van der Waals surface area contributed by atoms with Gasteiger partial charge in [-0.1, -0.05) is 11.6 Å². The summed E-state index contributed by atoms with van der Waals surface area (Å²) in [6.45, 7) is 0.376. The van der Waals surface area contributed by atoms with E-state index in [1.807, 2.05) is 0 Å². The van der Waals surface area contributed by atoms with Crippen LogP contribution in [0.3, 0.4) is 0 Å². The molecule has 1 aliphatic rings. The number of methoxy groups -OCH3 is 1. The first-order valence-electron chi connectivity index (χ1n) is 5.99. The van der Waals surface area contributed by atoms with Gasteiger partial charge in [-0.3, -0.25) is 4.79 Å². The van der Waals surface area contributed by atoms with E-state index in [1.165, 1.54) is 29.6 Å². The Bertz CT molecular complexity index is 632. The minimum atomic E-state index is -3.72. The Kier molecular flexibility index (Phi) is 4.22. The van der Waals surface area contributed by atoms with Crippen molar-refractivity contribution in [2.24, 2.45) is 5.92 Å². The summed E-state index contributed by atoms with van der Waals surface area (Å²) in [4.78, 5) is 11.5. The van der Waals surface area contributed by atoms with E-state index >= 15 is 0 Å². The molecule has 0 radical (unpaired) electrons. The molecule has 1 aliphatic heterocycles. The SMILES string of the molecule is COC(=O)C1CCN(S(=O)(=O)c2ccc(Cl)cc2N)C1. The average molecular weight is 319 g/mol. The second kappa shape index (κ2) is 5.59. The predicted octanol–water partition coefficient (Wildman–Crippen LogP) is 1.11. The number of esters is 1. The average Bonchev–Trinajstić information content (AvgIpc) is 2.87. The van der Waals surface area contributed by atoms with Crippen LogP contribution in [0.15, 0.2) is 23.1 Å². The Hall–Kier alpha value is -1.31. The van der Waals surface area contributed by atoms with Gasteiger partial charge in [-0.25, -0.2) is 8.42 Å². The van der Waals surface area contributed by atoms with Gasteiger partial charge in [0.05, 0.1) is 18.7 Å². The number of ether oxygens (including phenoxy) is 1. The standard InChI is InChI=1S/C12H15ClN2O4S/c1-19-12(16)8-4-5-15(7-8)20(17,18)11-3-2-9(13)6-10(11)14/h2-3,6,8H,4-5,7,14H2,1H3. The van der Waals surface area contributed by atoms with Crippen LogP contribution in [0.2, 0.25) is 5.02 Å². The second-order valence-corrected chi connectivity index (χ2v) is 6.90. The molecule has 110 valence electrons. The van der Waals surface area contributed by atoms with E-state index < -0.39 is 21.9 Å². The van der Waals surface area contributed by atoms with Gasteiger partial charge in [-0.15, -0.1) is 0 Å². The van der Waals surface area contributed by atoms with Crippen LogP contribution in [-0.4, -0.2) is 38.9 Å². The molecule has 0 spiro atoms. The van der Waals surface area contributed by atoms with Crippen LogP contribution in [0.4, 0.5) is 5.69 Å². The molecule has 2 N–H and O–H groups in total. The van der Waals surface area contributed by atoms with Gasteiger partial charge in [0.15, 0.2) is 0 Å². The molecule has 1 fully saturated rings. The summed E-state index contributed by atoms with van der Waals surface area (Å²) in [6.07, 6.45) is 0.444. The number of carbonyl (C=O) groups excluding carboxylic acids is 1. The van der Waals surface area contributed by atoms with Crippen LogP contribution >= 0.6 is 11.6 Å². The maximum Gasteiger partial charge on any atom is 0.310 e. The van der Waals surface area contributed by atoms with Crippen molar-refractivity contribution in [1.82, 2.24) is 4.31 Å². The summed E-state index contributed by atoms with van der Waals surface area (Å²) in [5.74, 6) is -0.824. The van der Waals surface area contributed by atoms with Crippen LogP contribution in [0, 0.1) is 5.92 Å². The molecule has 20 heavy (non-hydrogen) atoms. The zero-order valence-electron chi connectivity index (χ0n) is 10.9. The Balaban J connectivity index is 2.26. The highest BCUT2D eigenvalue weighted by Crippen LogP contribution is 2.29. The number of sulfonamides is 1. The van der Waals surface area contributed by atoms with E-state index in [1.54, 1.807) is 0 Å². The van der Waals surface area contributed by atoms with Crippen molar-refractivity contribution in [2.75, 3.05) is 25.9 Å². The van der Waals surface area contributed by atoms with Gasteiger partial charge in [0.2, 0.25) is 10.0 Å². The van der Waals surface area contributed by atoms with Gasteiger partial charge < -0.3 is 10.5 Å². The van der Waals surface area contributed by atoms with Gasteiger partial charge in [-0.05, 0) is 24.6 Å². The van der Waals surface area contributed by atoms with E-state index in [9.17, 15) is 13.2 Å². The number of benzene rings is 1. The zero-order valence-corrected chi connectivity index (χ0v) is 12.4. The summed E-state index contributed by atoms with van der Waals surface area (Å²) in [6, 6.07) is 4.24. The molecule has 8 heteroatoms. The van der Waals surface area contributed by atoms with Gasteiger partial charge >= 0.3 is 5.97 Å². The summed E-state index contributed by atoms with van der Waals surface area (Å²) in [5.41, 5.74) is 5.81. The maximum absolute atomic E-state index is 12.5. The third-order valence-corrected chi connectivity index (χ3v) is 5.45. The number of anilines is 1. The lowest BCUT2D eigenvalue weighted by Crippen LogP contribution is -2.30. The Morgan fingerprint density at radius 3 is 2.80 bits per heavy atom. The van der Waals surface area contributed by atoms with Crippen molar-refractivity contribution in [1.29, 1.82) is 0 Å². The third-order valence-electron chi connectivity index (χ3n) is 3.28. The lowest BCUT2D eigenvalue weighted by molar-refractivity contribution is -0.144. The molecule has 1 saturated heterocycles. The molecule has 1 heterocycles. The molecule has 0 aromatic heterocycles. The largest absolute Gasteiger partial charge is 0.469 e. The molecular weight excluding hydrogens is 304 g/mol. The minimum Gasteiger partial charge on any atom is -0.469 e. The van der Waals surface area contributed by atoms with Gasteiger partial charge in [0, 0.05) is 18.1 Å². The minimum absolute atomic E-state index is 0.00687. The second-order valence-electron chi connectivity index (χ2n) is 4.55. The van der Waals surface area contributed by atoms with Crippen LogP contribution in [-0.2, 0) is 19.6 Å². The number of nitrogens with two attached hydrogens (primary N) is 1. The van der Waals surface area contributed by atoms with Crippen LogP contribution < -0.4 is 5.73 Å². The van der Waals surface area contributed by atoms with Crippen molar-refractivity contribution in [2.45, 2.75) is 11.3 Å². The molecule has 1 aromatic rings. The first-order chi connectivity index (χ1) is 9.36. The van der Waals surface area contributed by atoms with E-state index in [4.69, 9.17) is 17.3 Å². The number of hydrogen-bond acceptors (Lipinski definition) is 5. The Morgan fingerprint density at radius 1 is 1.50 bits per heavy atom. The molecule has 0 amide bonds. The normalized spacial score (nSPS) is 20.0. The molecule has 1 aromatic carbocycles. The molecule has 1 unspecified atom stereocenters. The zero-order chi connectivity index (χ0) is 14.9. The molecule has 0 saturated carbocycles. The quantitative estimate of drug-likeness (QED) is 0.666. The molecule has 1 atom stereocenters. The number of nitrogen functional groups attached to an aromatic ring is 1. The molecule has 0 bridgehead atoms. The highest BCUT2D eigenvalue weighted by Gasteiger charge is 2.37. The highest BCUT2D eigenvalue weighted by molar-refractivity contribution is 7.89. The smallest absolute Gasteiger partial charge is 0.310 e. The molecule has 0 aliphatic carbocycles. The van der Waals surface area contributed by atoms with E-state index in [0.29, 0.717) is 11.4 Å². The number of halogens is 1. The van der Waals surface area contributed by atoms with Crippen LogP contribution in [0.1, 0.15) is 6.42 Å². The van der Waals surface area contributed by atoms with Crippen LogP contribution in [0.5, 0.6) is 0 Å². The number of rotatable bonds is 3. The fourth-order valence-electron chi connectivity index (χ4n) is 2.20. The van der Waals surface area contributed by atoms with E-state index in [2.05, 4.69) is 4.74 Å². The molecule has 6 nitrogen and oxygen atoms in total. The van der Waals surface area contributed by atoms with Crippen molar-refractivity contribution in [3.8, 4) is 0 Å². The summed E-state index contributed by atoms with van der Waals surface area (Å²) in [5, 5.41) is 0.371. The number of nitrogens with zero attached hydrogens (tertiary/aromatic N) is 1. The first kappa shape index (κ1) is 15.1. The highest BCUT2D eigenvalue weighted by atomic mass is 35.5. The fraction of sp³-hybridized carbons (Fsp3) is 0.417. The van der Waals surface area contributed by atoms with Crippen LogP contribution in [0.25, 0.3) is 0 Å². The number of carbonyl (C=O) groups is 1. The van der Waals surface area contributed by atoms with Gasteiger partial charge in [-0.2, -0.15) is 4.31 Å². The van der Waals surface area contributed by atoms with Crippen molar-refractivity contribution >= 4 is 33.3 Å². The predicted molar refractivity (Wildman–Crippen MR) is 74.7 cm³/mol. The summed E-state index contributed by atoms with van der Waals surface area (Å²) < 4.78 is 30.8. The fourth-order valence-corrected chi connectivity index (χ4v) is 3.98. The molecular formula is C12H15ClN2O4S. The van der Waals surface area contributed by atoms with Gasteiger partial charge in [0.1, 0.15) is 4.90 Å². The van der Waals surface area contributed by atoms with E-state index in [0.717, 1.165) is 0 Å². The van der Waals surface area contributed by atoms with E-state index in [-0.39, 0.29) is 23.7 Å². The number of hydrogen-bond donors (Lipinski definition) is 1. The lowest BCUT2D eigenvalue weighted by Gasteiger charge is -2.17. The molecule has 2 rings (SSSR count). The van der Waals surface area contributed by atoms with Crippen molar-refractivity contribution in [3.63, 3.8) is 0 Å². The summed E-state index contributed by atoms with van der Waals surface area (Å²) >= 11 is 5.76. The first-order valence-corrected chi connectivity index (χ1v) is 7.81. The lowest BCUT2D eigenvalue weighted by atomic mass is 10.1. The Labute approximate surface area is 122 Å². The maximum atomic E-state index is 12.5. The van der Waals surface area contributed by atoms with Crippen molar-refractivity contribution in [3.05, 3.63) is 23.2 Å². The van der Waals surface area contributed by atoms with Crippen molar-refractivity contribution < 1.29 is 17.9 Å². The monoisotopic (exact) mass is 318 g/mol. The van der Waals surface area contributed by atoms with Gasteiger partial charge in [0.25, 0.3) is 0 Å². The summed E-state index contributed by atoms with van der Waals surface area (Å²) in [7, 11) is -2.43. The third kappa shape index (κ3) is 2.74. The topological polar surface area (TPSA) is 89.7 Å². The Morgan fingerprint density at radius 2 is 2.20 bits per heavy atom.